The highest BCUT2D eigenvalue weighted by Gasteiger charge is 2.16. The molecular weight excluding hydrogens is 286 g/mol. The number of hydrogen-bond acceptors (Lipinski definition) is 5. The van der Waals surface area contributed by atoms with E-state index in [0.717, 1.165) is 17.2 Å². The first-order chi connectivity index (χ1) is 10.2. The molecule has 0 aliphatic rings. The minimum Gasteiger partial charge on any atom is -0.382 e. The number of hydrogen-bond donors (Lipinski definition) is 3. The van der Waals surface area contributed by atoms with Gasteiger partial charge in [-0.3, -0.25) is 9.89 Å². The third kappa shape index (κ3) is 2.52. The van der Waals surface area contributed by atoms with E-state index in [-0.39, 0.29) is 5.56 Å². The molecular formula is C14H15N5OS. The number of anilines is 1. The molecule has 0 bridgehead atoms. The maximum Gasteiger partial charge on any atom is 0.259 e. The summed E-state index contributed by atoms with van der Waals surface area (Å²) in [7, 11) is 0. The molecule has 0 aliphatic carbocycles. The van der Waals surface area contributed by atoms with Crippen LogP contribution in [-0.4, -0.2) is 25.9 Å². The van der Waals surface area contributed by atoms with Crippen LogP contribution in [0.15, 0.2) is 29.1 Å². The number of nitrogens with two attached hydrogens (primary N) is 1. The lowest BCUT2D eigenvalue weighted by atomic mass is 10.2. The highest BCUT2D eigenvalue weighted by molar-refractivity contribution is 7.98. The lowest BCUT2D eigenvalue weighted by molar-refractivity contribution is 1.04. The Bertz CT molecular complexity index is 839. The third-order valence-corrected chi connectivity index (χ3v) is 4.07. The maximum atomic E-state index is 12.2. The molecule has 0 radical (unpaired) electrons. The summed E-state index contributed by atoms with van der Waals surface area (Å²) in [6.07, 6.45) is 0. The third-order valence-electron chi connectivity index (χ3n) is 3.17. The number of fused-ring (bicyclic) bond motifs is 1. The molecule has 2 heterocycles. The zero-order valence-corrected chi connectivity index (χ0v) is 12.3. The largest absolute Gasteiger partial charge is 0.382 e. The highest BCUT2D eigenvalue weighted by atomic mass is 32.2. The Morgan fingerprint density at radius 1 is 1.33 bits per heavy atom. The Labute approximate surface area is 125 Å². The van der Waals surface area contributed by atoms with Crippen LogP contribution in [0, 0.1) is 0 Å². The molecule has 1 aromatic carbocycles. The Morgan fingerprint density at radius 3 is 2.95 bits per heavy atom. The number of rotatable bonds is 4. The number of H-pyrrole nitrogens is 2. The molecule has 3 aromatic rings. The topological polar surface area (TPSA) is 100 Å². The van der Waals surface area contributed by atoms with Gasteiger partial charge in [0.05, 0.1) is 22.2 Å². The van der Waals surface area contributed by atoms with Crippen molar-refractivity contribution < 1.29 is 0 Å². The van der Waals surface area contributed by atoms with Crippen molar-refractivity contribution in [3.63, 3.8) is 0 Å². The SMILES string of the molecule is CCSCc1[nH]nc(N)c1-c1nc2ccccc2c(=O)[nH]1. The van der Waals surface area contributed by atoms with E-state index in [2.05, 4.69) is 27.1 Å². The van der Waals surface area contributed by atoms with Crippen LogP contribution < -0.4 is 11.3 Å². The van der Waals surface area contributed by atoms with Crippen LogP contribution in [0.4, 0.5) is 5.82 Å². The van der Waals surface area contributed by atoms with Gasteiger partial charge in [-0.2, -0.15) is 16.9 Å². The van der Waals surface area contributed by atoms with Gasteiger partial charge in [0.15, 0.2) is 5.82 Å². The molecule has 0 fully saturated rings. The first kappa shape index (κ1) is 13.7. The molecule has 0 aliphatic heterocycles. The quantitative estimate of drug-likeness (QED) is 0.685. The molecule has 0 unspecified atom stereocenters. The molecule has 4 N–H and O–H groups in total. The number of para-hydroxylation sites is 1. The fraction of sp³-hybridized carbons (Fsp3) is 0.214. The molecule has 21 heavy (non-hydrogen) atoms. The molecule has 0 atom stereocenters. The monoisotopic (exact) mass is 301 g/mol. The smallest absolute Gasteiger partial charge is 0.259 e. The van der Waals surface area contributed by atoms with Crippen molar-refractivity contribution in [2.24, 2.45) is 0 Å². The van der Waals surface area contributed by atoms with Crippen LogP contribution in [-0.2, 0) is 5.75 Å². The van der Waals surface area contributed by atoms with Gasteiger partial charge in [-0.15, -0.1) is 0 Å². The summed E-state index contributed by atoms with van der Waals surface area (Å²) in [5, 5.41) is 7.51. The zero-order chi connectivity index (χ0) is 14.8. The Kier molecular flexibility index (Phi) is 3.66. The average molecular weight is 301 g/mol. The minimum absolute atomic E-state index is 0.176. The van der Waals surface area contributed by atoms with Crippen molar-refractivity contribution in [3.05, 3.63) is 40.3 Å². The van der Waals surface area contributed by atoms with E-state index < -0.39 is 0 Å². The lowest BCUT2D eigenvalue weighted by Crippen LogP contribution is -2.10. The fourth-order valence-electron chi connectivity index (χ4n) is 2.17. The Morgan fingerprint density at radius 2 is 2.14 bits per heavy atom. The van der Waals surface area contributed by atoms with E-state index in [9.17, 15) is 4.79 Å². The molecule has 0 saturated heterocycles. The fourth-order valence-corrected chi connectivity index (χ4v) is 2.79. The van der Waals surface area contributed by atoms with E-state index in [1.807, 2.05) is 18.2 Å². The van der Waals surface area contributed by atoms with Crippen molar-refractivity contribution in [3.8, 4) is 11.4 Å². The lowest BCUT2D eigenvalue weighted by Gasteiger charge is -2.04. The molecule has 108 valence electrons. The average Bonchev–Trinajstić information content (AvgIpc) is 2.86. The molecule has 7 heteroatoms. The zero-order valence-electron chi connectivity index (χ0n) is 11.5. The first-order valence-electron chi connectivity index (χ1n) is 6.60. The van der Waals surface area contributed by atoms with Gasteiger partial charge in [0.2, 0.25) is 0 Å². The number of nitrogens with one attached hydrogen (secondary N) is 2. The van der Waals surface area contributed by atoms with E-state index in [1.54, 1.807) is 17.8 Å². The molecule has 0 saturated carbocycles. The molecule has 0 amide bonds. The number of aromatic nitrogens is 4. The minimum atomic E-state index is -0.176. The van der Waals surface area contributed by atoms with Crippen LogP contribution in [0.25, 0.3) is 22.3 Å². The van der Waals surface area contributed by atoms with Crippen molar-refractivity contribution in [1.82, 2.24) is 20.2 Å². The van der Waals surface area contributed by atoms with Gasteiger partial charge in [0.25, 0.3) is 5.56 Å². The van der Waals surface area contributed by atoms with Gasteiger partial charge in [-0.25, -0.2) is 4.98 Å². The normalized spacial score (nSPS) is 11.1. The van der Waals surface area contributed by atoms with Gasteiger partial charge in [0.1, 0.15) is 5.82 Å². The van der Waals surface area contributed by atoms with Crippen molar-refractivity contribution in [1.29, 1.82) is 0 Å². The van der Waals surface area contributed by atoms with Crippen LogP contribution >= 0.6 is 11.8 Å². The standard InChI is InChI=1S/C14H15N5OS/c1-2-21-7-10-11(12(15)19-18-10)13-16-9-6-4-3-5-8(9)14(20)17-13/h3-6H,2,7H2,1H3,(H3,15,18,19)(H,16,17,20). The highest BCUT2D eigenvalue weighted by Crippen LogP contribution is 2.27. The summed E-state index contributed by atoms with van der Waals surface area (Å²) in [5.74, 6) is 2.53. The van der Waals surface area contributed by atoms with E-state index in [1.165, 1.54) is 0 Å². The van der Waals surface area contributed by atoms with Crippen molar-refractivity contribution in [2.75, 3.05) is 11.5 Å². The van der Waals surface area contributed by atoms with Gasteiger partial charge in [-0.1, -0.05) is 19.1 Å². The summed E-state index contributed by atoms with van der Waals surface area (Å²) in [5.41, 5.74) is 7.95. The predicted molar refractivity (Wildman–Crippen MR) is 86.2 cm³/mol. The van der Waals surface area contributed by atoms with Gasteiger partial charge >= 0.3 is 0 Å². The van der Waals surface area contributed by atoms with E-state index >= 15 is 0 Å². The molecule has 3 rings (SSSR count). The van der Waals surface area contributed by atoms with E-state index in [0.29, 0.717) is 28.1 Å². The molecule has 0 spiro atoms. The van der Waals surface area contributed by atoms with Crippen LogP contribution in [0.2, 0.25) is 0 Å². The van der Waals surface area contributed by atoms with Gasteiger partial charge < -0.3 is 10.7 Å². The van der Waals surface area contributed by atoms with Crippen LogP contribution in [0.5, 0.6) is 0 Å². The second-order valence-electron chi connectivity index (χ2n) is 4.53. The number of thioether (sulfide) groups is 1. The second kappa shape index (κ2) is 5.61. The van der Waals surface area contributed by atoms with Crippen molar-refractivity contribution in [2.45, 2.75) is 12.7 Å². The second-order valence-corrected chi connectivity index (χ2v) is 5.81. The number of nitrogens with zero attached hydrogens (tertiary/aromatic N) is 2. The summed E-state index contributed by atoms with van der Waals surface area (Å²) in [6, 6.07) is 7.22. The van der Waals surface area contributed by atoms with Crippen LogP contribution in [0.1, 0.15) is 12.6 Å². The summed E-state index contributed by atoms with van der Waals surface area (Å²) in [6.45, 7) is 2.08. The predicted octanol–water partition coefficient (Wildman–Crippen LogP) is 2.15. The summed E-state index contributed by atoms with van der Waals surface area (Å²) < 4.78 is 0. The maximum absolute atomic E-state index is 12.2. The van der Waals surface area contributed by atoms with Gasteiger partial charge in [-0.05, 0) is 17.9 Å². The summed E-state index contributed by atoms with van der Waals surface area (Å²) >= 11 is 1.74. The Balaban J connectivity index is 2.16. The number of nitrogen functional groups attached to an aromatic ring is 1. The van der Waals surface area contributed by atoms with Gasteiger partial charge in [0, 0.05) is 5.75 Å². The molecule has 2 aromatic heterocycles. The van der Waals surface area contributed by atoms with Crippen molar-refractivity contribution >= 4 is 28.5 Å². The number of benzene rings is 1. The number of aromatic amines is 2. The Hall–Kier alpha value is -2.28. The summed E-state index contributed by atoms with van der Waals surface area (Å²) in [4.78, 5) is 19.5. The van der Waals surface area contributed by atoms with Crippen LogP contribution in [0.3, 0.4) is 0 Å². The molecule has 6 nitrogen and oxygen atoms in total. The first-order valence-corrected chi connectivity index (χ1v) is 7.76. The van der Waals surface area contributed by atoms with E-state index in [4.69, 9.17) is 5.73 Å².